The van der Waals surface area contributed by atoms with E-state index in [4.69, 9.17) is 13.9 Å². The molecule has 0 aliphatic carbocycles. The van der Waals surface area contributed by atoms with Crippen LogP contribution in [-0.2, 0) is 30.4 Å². The quantitative estimate of drug-likeness (QED) is 0.300. The van der Waals surface area contributed by atoms with Crippen molar-refractivity contribution in [2.24, 2.45) is 0 Å². The lowest BCUT2D eigenvalue weighted by Crippen LogP contribution is -2.49. The van der Waals surface area contributed by atoms with Gasteiger partial charge in [0.25, 0.3) is 0 Å². The predicted octanol–water partition coefficient (Wildman–Crippen LogP) is 5.99. The second-order valence-electron chi connectivity index (χ2n) is 9.12. The Hall–Kier alpha value is -4.80. The number of carboxylic acid groups (broad SMARTS) is 1. The second-order valence-corrected chi connectivity index (χ2v) is 9.12. The highest BCUT2D eigenvalue weighted by Crippen LogP contribution is 2.31. The van der Waals surface area contributed by atoms with Gasteiger partial charge in [0.1, 0.15) is 23.8 Å². The van der Waals surface area contributed by atoms with E-state index in [1.54, 1.807) is 24.5 Å². The molecule has 0 fully saturated rings. The van der Waals surface area contributed by atoms with E-state index >= 15 is 0 Å². The fraction of sp³-hybridized carbons (Fsp3) is 0.207. The van der Waals surface area contributed by atoms with E-state index in [0.717, 1.165) is 46.0 Å². The van der Waals surface area contributed by atoms with E-state index in [1.807, 2.05) is 30.3 Å². The van der Waals surface area contributed by atoms with Crippen molar-refractivity contribution in [3.05, 3.63) is 101 Å². The smallest absolute Gasteiger partial charge is 0.416 e. The van der Waals surface area contributed by atoms with Gasteiger partial charge >= 0.3 is 18.2 Å². The molecule has 0 bridgehead atoms. The standard InChI is InChI=1S/C29H23F3N2O6/c30-29(31,32)21-7-10-23(11-8-21)40-28(37)34-16-20-14-24(9-6-19(20)15-25(34)27(35)36)38-13-12-22-17-39-26(33-22)18-4-2-1-3-5-18/h1-11,14,17,25H,12-13,15-16H2,(H,35,36). The zero-order valence-corrected chi connectivity index (χ0v) is 20.9. The molecule has 0 saturated heterocycles. The summed E-state index contributed by atoms with van der Waals surface area (Å²) < 4.78 is 55.1. The summed E-state index contributed by atoms with van der Waals surface area (Å²) in [5.41, 5.74) is 2.11. The molecule has 1 N–H and O–H groups in total. The van der Waals surface area contributed by atoms with Gasteiger partial charge in [0.2, 0.25) is 5.89 Å². The molecule has 11 heteroatoms. The van der Waals surface area contributed by atoms with Crippen LogP contribution >= 0.6 is 0 Å². The predicted molar refractivity (Wildman–Crippen MR) is 136 cm³/mol. The molecule has 8 nitrogen and oxygen atoms in total. The molecule has 0 radical (unpaired) electrons. The Morgan fingerprint density at radius 3 is 2.42 bits per heavy atom. The van der Waals surface area contributed by atoms with E-state index in [9.17, 15) is 27.9 Å². The number of nitrogens with zero attached hydrogens (tertiary/aromatic N) is 2. The van der Waals surface area contributed by atoms with Crippen molar-refractivity contribution in [1.82, 2.24) is 9.88 Å². The molecule has 0 saturated carbocycles. The largest absolute Gasteiger partial charge is 0.493 e. The molecule has 1 atom stereocenters. The number of fused-ring (bicyclic) bond motifs is 1. The molecule has 1 amide bonds. The second kappa shape index (κ2) is 11.1. The number of alkyl halides is 3. The summed E-state index contributed by atoms with van der Waals surface area (Å²) in [7, 11) is 0. The van der Waals surface area contributed by atoms with Crippen molar-refractivity contribution in [3.8, 4) is 23.0 Å². The molecule has 1 aromatic heterocycles. The number of carbonyl (C=O) groups excluding carboxylic acids is 1. The third kappa shape index (κ3) is 6.09. The maximum absolute atomic E-state index is 12.9. The average Bonchev–Trinajstić information content (AvgIpc) is 3.41. The lowest BCUT2D eigenvalue weighted by molar-refractivity contribution is -0.143. The number of ether oxygens (including phenoxy) is 2. The Kier molecular flexibility index (Phi) is 7.45. The lowest BCUT2D eigenvalue weighted by Gasteiger charge is -2.33. The van der Waals surface area contributed by atoms with Crippen LogP contribution in [0.3, 0.4) is 0 Å². The summed E-state index contributed by atoms with van der Waals surface area (Å²) in [5.74, 6) is -0.317. The van der Waals surface area contributed by atoms with Crippen LogP contribution in [0.5, 0.6) is 11.5 Å². The number of halogens is 3. The summed E-state index contributed by atoms with van der Waals surface area (Å²) in [6.45, 7) is 0.226. The topological polar surface area (TPSA) is 102 Å². The maximum Gasteiger partial charge on any atom is 0.416 e. The van der Waals surface area contributed by atoms with Gasteiger partial charge in [0.15, 0.2) is 0 Å². The number of carboxylic acids is 1. The van der Waals surface area contributed by atoms with Crippen molar-refractivity contribution in [3.63, 3.8) is 0 Å². The van der Waals surface area contributed by atoms with Gasteiger partial charge in [-0.05, 0) is 59.7 Å². The molecule has 1 unspecified atom stereocenters. The first-order valence-electron chi connectivity index (χ1n) is 12.3. The number of hydrogen-bond donors (Lipinski definition) is 1. The first-order valence-corrected chi connectivity index (χ1v) is 12.3. The van der Waals surface area contributed by atoms with Gasteiger partial charge < -0.3 is 19.0 Å². The third-order valence-electron chi connectivity index (χ3n) is 6.41. The fourth-order valence-corrected chi connectivity index (χ4v) is 4.34. The van der Waals surface area contributed by atoms with Crippen LogP contribution in [-0.4, -0.2) is 39.7 Å². The number of hydrogen-bond acceptors (Lipinski definition) is 6. The normalized spacial score (nSPS) is 14.9. The number of amides is 1. The van der Waals surface area contributed by atoms with Gasteiger partial charge in [-0.15, -0.1) is 0 Å². The van der Waals surface area contributed by atoms with Crippen LogP contribution in [0.1, 0.15) is 22.4 Å². The van der Waals surface area contributed by atoms with Crippen LogP contribution in [0.25, 0.3) is 11.5 Å². The minimum Gasteiger partial charge on any atom is -0.493 e. The molecule has 1 aliphatic rings. The zero-order valence-electron chi connectivity index (χ0n) is 20.9. The summed E-state index contributed by atoms with van der Waals surface area (Å²) in [6, 6.07) is 17.1. The zero-order chi connectivity index (χ0) is 28.3. The Morgan fingerprint density at radius 1 is 1.00 bits per heavy atom. The maximum atomic E-state index is 12.9. The van der Waals surface area contributed by atoms with Crippen molar-refractivity contribution in [1.29, 1.82) is 0 Å². The Bertz CT molecular complexity index is 1500. The van der Waals surface area contributed by atoms with Crippen molar-refractivity contribution in [2.75, 3.05) is 6.61 Å². The number of rotatable bonds is 7. The summed E-state index contributed by atoms with van der Waals surface area (Å²) in [4.78, 5) is 30.3. The van der Waals surface area contributed by atoms with Gasteiger partial charge in [0.05, 0.1) is 24.4 Å². The Labute approximate surface area is 226 Å². The Balaban J connectivity index is 1.23. The molecule has 3 aromatic carbocycles. The van der Waals surface area contributed by atoms with Gasteiger partial charge in [0, 0.05) is 18.4 Å². The van der Waals surface area contributed by atoms with Gasteiger partial charge in [-0.25, -0.2) is 14.6 Å². The van der Waals surface area contributed by atoms with E-state index in [2.05, 4.69) is 4.98 Å². The molecular weight excluding hydrogens is 529 g/mol. The monoisotopic (exact) mass is 552 g/mol. The van der Waals surface area contributed by atoms with Gasteiger partial charge in [-0.3, -0.25) is 4.90 Å². The van der Waals surface area contributed by atoms with Crippen molar-refractivity contribution in [2.45, 2.75) is 31.6 Å². The van der Waals surface area contributed by atoms with Crippen LogP contribution in [0.15, 0.2) is 83.5 Å². The van der Waals surface area contributed by atoms with Crippen LogP contribution < -0.4 is 9.47 Å². The summed E-state index contributed by atoms with van der Waals surface area (Å²) in [5, 5.41) is 9.72. The summed E-state index contributed by atoms with van der Waals surface area (Å²) >= 11 is 0. The van der Waals surface area contributed by atoms with Crippen molar-refractivity contribution >= 4 is 12.1 Å². The third-order valence-corrected chi connectivity index (χ3v) is 6.41. The van der Waals surface area contributed by atoms with Gasteiger partial charge in [-0.2, -0.15) is 13.2 Å². The molecule has 40 heavy (non-hydrogen) atoms. The van der Waals surface area contributed by atoms with Crippen molar-refractivity contribution < 1.29 is 41.8 Å². The molecule has 2 heterocycles. The van der Waals surface area contributed by atoms with E-state index in [-0.39, 0.29) is 18.7 Å². The molecule has 0 spiro atoms. The van der Waals surface area contributed by atoms with Crippen LogP contribution in [0, 0.1) is 0 Å². The highest BCUT2D eigenvalue weighted by atomic mass is 19.4. The molecule has 5 rings (SSSR count). The first kappa shape index (κ1) is 26.8. The number of benzene rings is 3. The highest BCUT2D eigenvalue weighted by molar-refractivity contribution is 5.82. The highest BCUT2D eigenvalue weighted by Gasteiger charge is 2.36. The van der Waals surface area contributed by atoms with E-state index < -0.39 is 29.8 Å². The minimum atomic E-state index is -4.53. The average molecular weight is 553 g/mol. The van der Waals surface area contributed by atoms with Crippen LogP contribution in [0.4, 0.5) is 18.0 Å². The fourth-order valence-electron chi connectivity index (χ4n) is 4.34. The molecule has 4 aromatic rings. The summed E-state index contributed by atoms with van der Waals surface area (Å²) in [6.07, 6.45) is -3.42. The lowest BCUT2D eigenvalue weighted by atomic mass is 9.94. The van der Waals surface area contributed by atoms with Gasteiger partial charge in [-0.1, -0.05) is 24.3 Å². The van der Waals surface area contributed by atoms with Crippen LogP contribution in [0.2, 0.25) is 0 Å². The first-order chi connectivity index (χ1) is 19.2. The number of oxazole rings is 1. The molecule has 206 valence electrons. The number of aromatic nitrogens is 1. The number of aliphatic carboxylic acids is 1. The Morgan fingerprint density at radius 2 is 1.73 bits per heavy atom. The number of carbonyl (C=O) groups is 2. The molecular formula is C29H23F3N2O6. The van der Waals surface area contributed by atoms with E-state index in [0.29, 0.717) is 30.2 Å². The van der Waals surface area contributed by atoms with E-state index in [1.165, 1.54) is 0 Å². The molecule has 1 aliphatic heterocycles. The minimum absolute atomic E-state index is 0.0360. The SMILES string of the molecule is O=C(O)C1Cc2ccc(OCCc3coc(-c4ccccc4)n3)cc2CN1C(=O)Oc1ccc(C(F)(F)F)cc1.